The molecule has 0 N–H and O–H groups in total. The molecular weight excluding hydrogens is 408 g/mol. The summed E-state index contributed by atoms with van der Waals surface area (Å²) in [4.78, 5) is 15.0. The second-order valence-electron chi connectivity index (χ2n) is 7.97. The molecule has 0 radical (unpaired) electrons. The van der Waals surface area contributed by atoms with E-state index < -0.39 is 0 Å². The molecule has 2 heterocycles. The zero-order valence-electron chi connectivity index (χ0n) is 18.9. The number of aromatic nitrogens is 1. The van der Waals surface area contributed by atoms with Gasteiger partial charge in [-0.05, 0) is 56.2 Å². The number of ether oxygens (including phenoxy) is 3. The lowest BCUT2D eigenvalue weighted by Crippen LogP contribution is -2.28. The lowest BCUT2D eigenvalue weighted by atomic mass is 9.98. The molecule has 168 valence electrons. The van der Waals surface area contributed by atoms with E-state index in [9.17, 15) is 4.79 Å². The number of benzene rings is 2. The van der Waals surface area contributed by atoms with Crippen LogP contribution in [0.25, 0.3) is 0 Å². The Balaban J connectivity index is 1.43. The summed E-state index contributed by atoms with van der Waals surface area (Å²) in [7, 11) is 3.23. The first-order chi connectivity index (χ1) is 15.5. The number of amides is 1. The van der Waals surface area contributed by atoms with Crippen molar-refractivity contribution in [3.63, 3.8) is 0 Å². The topological polar surface area (TPSA) is 74.0 Å². The Morgan fingerprint density at radius 2 is 1.88 bits per heavy atom. The van der Waals surface area contributed by atoms with Gasteiger partial charge in [0.1, 0.15) is 18.1 Å². The molecule has 0 spiro atoms. The van der Waals surface area contributed by atoms with Gasteiger partial charge < -0.3 is 23.6 Å². The van der Waals surface area contributed by atoms with E-state index in [0.29, 0.717) is 36.1 Å². The van der Waals surface area contributed by atoms with Crippen LogP contribution in [0.2, 0.25) is 0 Å². The minimum absolute atomic E-state index is 0.00316. The van der Waals surface area contributed by atoms with E-state index in [2.05, 4.69) is 17.3 Å². The third kappa shape index (κ3) is 4.42. The fraction of sp³-hybridized carbons (Fsp3) is 0.360. The summed E-state index contributed by atoms with van der Waals surface area (Å²) < 4.78 is 21.8. The minimum atomic E-state index is -0.00316. The smallest absolute Gasteiger partial charge is 0.254 e. The summed E-state index contributed by atoms with van der Waals surface area (Å²) in [5.41, 5.74) is 3.52. The summed E-state index contributed by atoms with van der Waals surface area (Å²) in [6, 6.07) is 13.4. The van der Waals surface area contributed by atoms with Gasteiger partial charge in [0.15, 0.2) is 11.5 Å². The lowest BCUT2D eigenvalue weighted by Gasteiger charge is -2.18. The van der Waals surface area contributed by atoms with Crippen molar-refractivity contribution >= 4 is 5.91 Å². The number of likely N-dealkylation sites (tertiary alicyclic amines) is 1. The van der Waals surface area contributed by atoms with E-state index in [1.165, 1.54) is 5.56 Å². The number of methoxy groups -OCH3 is 2. The number of rotatable bonds is 7. The van der Waals surface area contributed by atoms with Crippen LogP contribution in [-0.4, -0.2) is 43.3 Å². The molecule has 1 aromatic heterocycles. The van der Waals surface area contributed by atoms with E-state index in [4.69, 9.17) is 18.7 Å². The van der Waals surface area contributed by atoms with E-state index in [1.807, 2.05) is 30.9 Å². The summed E-state index contributed by atoms with van der Waals surface area (Å²) >= 11 is 0. The van der Waals surface area contributed by atoms with Gasteiger partial charge in [-0.1, -0.05) is 17.3 Å². The second kappa shape index (κ2) is 9.34. The van der Waals surface area contributed by atoms with Crippen LogP contribution in [0.1, 0.15) is 45.3 Å². The standard InChI is InChI=1S/C25H28N2O5/c1-16-22(17(2)32-26-16)15-31-23-10-7-19(13-24(23)30-4)25(28)27-12-11-20(14-27)18-5-8-21(29-3)9-6-18/h5-10,13,20H,11-12,14-15H2,1-4H3. The normalized spacial score (nSPS) is 15.6. The first kappa shape index (κ1) is 21.7. The van der Waals surface area contributed by atoms with Gasteiger partial charge in [-0.15, -0.1) is 0 Å². The molecule has 32 heavy (non-hydrogen) atoms. The number of carbonyl (C=O) groups is 1. The van der Waals surface area contributed by atoms with Gasteiger partial charge in [-0.25, -0.2) is 0 Å². The van der Waals surface area contributed by atoms with Crippen LogP contribution in [-0.2, 0) is 6.61 Å². The molecule has 4 rings (SSSR count). The van der Waals surface area contributed by atoms with Crippen molar-refractivity contribution < 1.29 is 23.5 Å². The maximum atomic E-state index is 13.1. The third-order valence-corrected chi connectivity index (χ3v) is 6.03. The van der Waals surface area contributed by atoms with E-state index in [-0.39, 0.29) is 5.91 Å². The lowest BCUT2D eigenvalue weighted by molar-refractivity contribution is 0.0790. The summed E-state index contributed by atoms with van der Waals surface area (Å²) in [6.07, 6.45) is 0.938. The molecule has 1 aliphatic rings. The number of carbonyl (C=O) groups excluding carboxylic acids is 1. The molecule has 1 saturated heterocycles. The van der Waals surface area contributed by atoms with Crippen molar-refractivity contribution in [1.82, 2.24) is 10.1 Å². The number of nitrogens with zero attached hydrogens (tertiary/aromatic N) is 2. The minimum Gasteiger partial charge on any atom is -0.497 e. The maximum Gasteiger partial charge on any atom is 0.254 e. The molecule has 7 nitrogen and oxygen atoms in total. The van der Waals surface area contributed by atoms with Gasteiger partial charge in [-0.3, -0.25) is 4.79 Å². The monoisotopic (exact) mass is 436 g/mol. The predicted octanol–water partition coefficient (Wildman–Crippen LogP) is 4.52. The summed E-state index contributed by atoms with van der Waals surface area (Å²) in [6.45, 7) is 5.47. The molecular formula is C25H28N2O5. The van der Waals surface area contributed by atoms with Crippen LogP contribution < -0.4 is 14.2 Å². The molecule has 1 atom stereocenters. The summed E-state index contributed by atoms with van der Waals surface area (Å²) in [5, 5.41) is 3.95. The molecule has 0 bridgehead atoms. The Morgan fingerprint density at radius 1 is 1.09 bits per heavy atom. The highest BCUT2D eigenvalue weighted by molar-refractivity contribution is 5.95. The average Bonchev–Trinajstić information content (AvgIpc) is 3.44. The fourth-order valence-electron chi connectivity index (χ4n) is 4.05. The van der Waals surface area contributed by atoms with Crippen molar-refractivity contribution in [2.24, 2.45) is 0 Å². The van der Waals surface area contributed by atoms with Gasteiger partial charge in [0.05, 0.1) is 25.5 Å². The largest absolute Gasteiger partial charge is 0.497 e. The van der Waals surface area contributed by atoms with Crippen LogP contribution in [0.4, 0.5) is 0 Å². The Hall–Kier alpha value is -3.48. The average molecular weight is 437 g/mol. The molecule has 1 unspecified atom stereocenters. The molecule has 1 amide bonds. The van der Waals surface area contributed by atoms with Crippen molar-refractivity contribution in [3.05, 3.63) is 70.6 Å². The van der Waals surface area contributed by atoms with Gasteiger partial charge in [0, 0.05) is 24.6 Å². The Kier molecular flexibility index (Phi) is 6.35. The molecule has 1 aliphatic heterocycles. The van der Waals surface area contributed by atoms with Crippen molar-refractivity contribution in [2.75, 3.05) is 27.3 Å². The number of aryl methyl sites for hydroxylation is 2. The Bertz CT molecular complexity index is 1070. The van der Waals surface area contributed by atoms with Crippen LogP contribution in [0.3, 0.4) is 0 Å². The molecule has 1 fully saturated rings. The van der Waals surface area contributed by atoms with Crippen LogP contribution in [0.5, 0.6) is 17.2 Å². The zero-order valence-corrected chi connectivity index (χ0v) is 18.9. The van der Waals surface area contributed by atoms with E-state index in [1.54, 1.807) is 32.4 Å². The van der Waals surface area contributed by atoms with Crippen LogP contribution in [0.15, 0.2) is 47.0 Å². The second-order valence-corrected chi connectivity index (χ2v) is 7.97. The zero-order chi connectivity index (χ0) is 22.7. The Morgan fingerprint density at radius 3 is 2.53 bits per heavy atom. The van der Waals surface area contributed by atoms with Gasteiger partial charge in [0.2, 0.25) is 0 Å². The van der Waals surface area contributed by atoms with Gasteiger partial charge in [-0.2, -0.15) is 0 Å². The van der Waals surface area contributed by atoms with Gasteiger partial charge in [0.25, 0.3) is 5.91 Å². The van der Waals surface area contributed by atoms with E-state index >= 15 is 0 Å². The highest BCUT2D eigenvalue weighted by Gasteiger charge is 2.28. The van der Waals surface area contributed by atoms with Crippen LogP contribution >= 0.6 is 0 Å². The maximum absolute atomic E-state index is 13.1. The fourth-order valence-corrected chi connectivity index (χ4v) is 4.05. The third-order valence-electron chi connectivity index (χ3n) is 6.03. The first-order valence-corrected chi connectivity index (χ1v) is 10.7. The predicted molar refractivity (Wildman–Crippen MR) is 120 cm³/mol. The van der Waals surface area contributed by atoms with E-state index in [0.717, 1.165) is 35.7 Å². The molecule has 7 heteroatoms. The number of hydrogen-bond donors (Lipinski definition) is 0. The summed E-state index contributed by atoms with van der Waals surface area (Å²) in [5.74, 6) is 2.98. The van der Waals surface area contributed by atoms with Crippen molar-refractivity contribution in [2.45, 2.75) is 32.8 Å². The quantitative estimate of drug-likeness (QED) is 0.542. The highest BCUT2D eigenvalue weighted by atomic mass is 16.5. The molecule has 2 aromatic carbocycles. The highest BCUT2D eigenvalue weighted by Crippen LogP contribution is 2.32. The molecule has 0 aliphatic carbocycles. The molecule has 0 saturated carbocycles. The molecule has 3 aromatic rings. The number of hydrogen-bond acceptors (Lipinski definition) is 6. The van der Waals surface area contributed by atoms with Crippen molar-refractivity contribution in [3.8, 4) is 17.2 Å². The Labute approximate surface area is 187 Å². The first-order valence-electron chi connectivity index (χ1n) is 10.7. The van der Waals surface area contributed by atoms with Crippen molar-refractivity contribution in [1.29, 1.82) is 0 Å². The SMILES string of the molecule is COc1ccc(C2CCN(C(=O)c3ccc(OCc4c(C)noc4C)c(OC)c3)C2)cc1. The van der Waals surface area contributed by atoms with Crippen LogP contribution in [0, 0.1) is 13.8 Å². The van der Waals surface area contributed by atoms with Gasteiger partial charge >= 0.3 is 0 Å².